The van der Waals surface area contributed by atoms with Crippen LogP contribution < -0.4 is 5.32 Å². The molecule has 2 unspecified atom stereocenters. The molecule has 0 aliphatic carbocycles. The molecule has 108 valence electrons. The van der Waals surface area contributed by atoms with Gasteiger partial charge in [-0.15, -0.1) is 11.3 Å². The topological polar surface area (TPSA) is 38.3 Å². The van der Waals surface area contributed by atoms with Crippen LogP contribution in [-0.4, -0.2) is 18.6 Å². The Kier molecular flexibility index (Phi) is 6.52. The maximum Gasteiger partial charge on any atom is 0.326 e. The van der Waals surface area contributed by atoms with Crippen molar-refractivity contribution in [3.05, 3.63) is 22.4 Å². The lowest BCUT2D eigenvalue weighted by molar-refractivity contribution is -0.149. The third-order valence-corrected chi connectivity index (χ3v) is 4.63. The van der Waals surface area contributed by atoms with Crippen LogP contribution in [0.4, 0.5) is 0 Å². The number of hydrogen-bond acceptors (Lipinski definition) is 4. The van der Waals surface area contributed by atoms with Crippen molar-refractivity contribution in [3.63, 3.8) is 0 Å². The van der Waals surface area contributed by atoms with Gasteiger partial charge in [-0.05, 0) is 30.2 Å². The number of nitrogens with one attached hydrogen (secondary N) is 1. The number of esters is 1. The first-order valence-corrected chi connectivity index (χ1v) is 7.81. The number of carbonyl (C=O) groups is 1. The van der Waals surface area contributed by atoms with Gasteiger partial charge in [0.05, 0.1) is 7.11 Å². The maximum atomic E-state index is 12.2. The van der Waals surface area contributed by atoms with Crippen LogP contribution in [-0.2, 0) is 16.1 Å². The molecular weight excluding hydrogens is 258 g/mol. The van der Waals surface area contributed by atoms with Crippen LogP contribution >= 0.6 is 11.3 Å². The van der Waals surface area contributed by atoms with Crippen LogP contribution in [0, 0.1) is 5.92 Å². The fourth-order valence-electron chi connectivity index (χ4n) is 2.25. The highest BCUT2D eigenvalue weighted by Crippen LogP contribution is 2.25. The third kappa shape index (κ3) is 4.32. The molecule has 0 spiro atoms. The third-order valence-electron chi connectivity index (χ3n) is 3.75. The van der Waals surface area contributed by atoms with Crippen LogP contribution in [0.15, 0.2) is 17.5 Å². The molecule has 3 nitrogen and oxygen atoms in total. The zero-order valence-corrected chi connectivity index (χ0v) is 13.2. The Bertz CT molecular complexity index is 378. The van der Waals surface area contributed by atoms with Crippen molar-refractivity contribution in [1.29, 1.82) is 0 Å². The minimum Gasteiger partial charge on any atom is -0.468 e. The van der Waals surface area contributed by atoms with Crippen molar-refractivity contribution < 1.29 is 9.53 Å². The summed E-state index contributed by atoms with van der Waals surface area (Å²) in [6, 6.07) is 4.11. The standard InChI is InChI=1S/C15H25NO2S/c1-5-12(3)10-15(6-2,14(17)18-4)16-11-13-8-7-9-19-13/h7-9,12,16H,5-6,10-11H2,1-4H3. The molecule has 19 heavy (non-hydrogen) atoms. The Morgan fingerprint density at radius 1 is 1.53 bits per heavy atom. The van der Waals surface area contributed by atoms with E-state index in [-0.39, 0.29) is 5.97 Å². The van der Waals surface area contributed by atoms with Crippen molar-refractivity contribution in [2.24, 2.45) is 5.92 Å². The first-order chi connectivity index (χ1) is 9.07. The molecule has 1 rings (SSSR count). The van der Waals surface area contributed by atoms with Gasteiger partial charge >= 0.3 is 5.97 Å². The van der Waals surface area contributed by atoms with Crippen LogP contribution in [0.2, 0.25) is 0 Å². The van der Waals surface area contributed by atoms with Crippen molar-refractivity contribution in [2.75, 3.05) is 7.11 Å². The van der Waals surface area contributed by atoms with E-state index in [0.29, 0.717) is 5.92 Å². The summed E-state index contributed by atoms with van der Waals surface area (Å²) >= 11 is 1.70. The summed E-state index contributed by atoms with van der Waals surface area (Å²) in [5.41, 5.74) is -0.561. The zero-order valence-electron chi connectivity index (χ0n) is 12.4. The van der Waals surface area contributed by atoms with Crippen LogP contribution in [0.5, 0.6) is 0 Å². The van der Waals surface area contributed by atoms with E-state index in [1.54, 1.807) is 11.3 Å². The van der Waals surface area contributed by atoms with E-state index < -0.39 is 5.54 Å². The largest absolute Gasteiger partial charge is 0.468 e. The van der Waals surface area contributed by atoms with Crippen molar-refractivity contribution in [3.8, 4) is 0 Å². The van der Waals surface area contributed by atoms with Gasteiger partial charge in [0.25, 0.3) is 0 Å². The molecule has 4 heteroatoms. The van der Waals surface area contributed by atoms with Gasteiger partial charge in [0, 0.05) is 11.4 Å². The van der Waals surface area contributed by atoms with Gasteiger partial charge in [-0.1, -0.05) is 33.3 Å². The summed E-state index contributed by atoms with van der Waals surface area (Å²) in [6.07, 6.45) is 2.63. The average molecular weight is 283 g/mol. The quantitative estimate of drug-likeness (QED) is 0.741. The zero-order chi connectivity index (χ0) is 14.3. The Morgan fingerprint density at radius 3 is 2.74 bits per heavy atom. The SMILES string of the molecule is CCC(C)CC(CC)(NCc1cccs1)C(=O)OC. The van der Waals surface area contributed by atoms with Crippen molar-refractivity contribution in [2.45, 2.75) is 52.1 Å². The monoisotopic (exact) mass is 283 g/mol. The van der Waals surface area contributed by atoms with Crippen LogP contribution in [0.1, 0.15) is 44.9 Å². The van der Waals surface area contributed by atoms with Crippen molar-refractivity contribution in [1.82, 2.24) is 5.32 Å². The lowest BCUT2D eigenvalue weighted by Gasteiger charge is -2.33. The lowest BCUT2D eigenvalue weighted by atomic mass is 9.84. The lowest BCUT2D eigenvalue weighted by Crippen LogP contribution is -2.52. The highest BCUT2D eigenvalue weighted by Gasteiger charge is 2.38. The number of methoxy groups -OCH3 is 1. The summed E-state index contributed by atoms with van der Waals surface area (Å²) in [5, 5.41) is 5.49. The fraction of sp³-hybridized carbons (Fsp3) is 0.667. The average Bonchev–Trinajstić information content (AvgIpc) is 2.95. The fourth-order valence-corrected chi connectivity index (χ4v) is 2.89. The molecule has 0 amide bonds. The van der Waals surface area contributed by atoms with Crippen molar-refractivity contribution >= 4 is 17.3 Å². The molecule has 1 N–H and O–H groups in total. The number of ether oxygens (including phenoxy) is 1. The van der Waals surface area contributed by atoms with E-state index in [1.165, 1.54) is 12.0 Å². The van der Waals surface area contributed by atoms with E-state index in [9.17, 15) is 4.79 Å². The second-order valence-corrected chi connectivity index (χ2v) is 6.11. The van der Waals surface area contributed by atoms with Gasteiger partial charge in [-0.3, -0.25) is 10.1 Å². The smallest absolute Gasteiger partial charge is 0.326 e. The molecule has 1 aromatic rings. The summed E-state index contributed by atoms with van der Waals surface area (Å²) in [5.74, 6) is 0.349. The first kappa shape index (κ1) is 16.2. The van der Waals surface area contributed by atoms with E-state index in [2.05, 4.69) is 30.6 Å². The second-order valence-electron chi connectivity index (χ2n) is 5.08. The van der Waals surface area contributed by atoms with Gasteiger partial charge in [-0.25, -0.2) is 0 Å². The van der Waals surface area contributed by atoms with Gasteiger partial charge < -0.3 is 4.74 Å². The van der Waals surface area contributed by atoms with Gasteiger partial charge in [0.2, 0.25) is 0 Å². The minimum atomic E-state index is -0.561. The van der Waals surface area contributed by atoms with E-state index in [0.717, 1.165) is 25.8 Å². The molecule has 0 aliphatic heterocycles. The molecule has 0 aliphatic rings. The summed E-state index contributed by atoms with van der Waals surface area (Å²) in [4.78, 5) is 13.4. The van der Waals surface area contributed by atoms with E-state index >= 15 is 0 Å². The van der Waals surface area contributed by atoms with Crippen LogP contribution in [0.3, 0.4) is 0 Å². The van der Waals surface area contributed by atoms with E-state index in [1.807, 2.05) is 13.0 Å². The second kappa shape index (κ2) is 7.65. The molecular formula is C15H25NO2S. The molecule has 2 atom stereocenters. The summed E-state index contributed by atoms with van der Waals surface area (Å²) < 4.78 is 5.02. The Balaban J connectivity index is 2.79. The maximum absolute atomic E-state index is 12.2. The molecule has 0 bridgehead atoms. The van der Waals surface area contributed by atoms with Crippen LogP contribution in [0.25, 0.3) is 0 Å². The number of thiophene rings is 1. The molecule has 0 saturated heterocycles. The molecule has 1 heterocycles. The Hall–Kier alpha value is -0.870. The molecule has 0 aromatic carbocycles. The molecule has 0 radical (unpaired) electrons. The predicted octanol–water partition coefficient (Wildman–Crippen LogP) is 3.60. The molecule has 0 fully saturated rings. The Labute approximate surface area is 120 Å². The van der Waals surface area contributed by atoms with Gasteiger partial charge in [0.15, 0.2) is 0 Å². The normalized spacial score (nSPS) is 15.8. The summed E-state index contributed by atoms with van der Waals surface area (Å²) in [6.45, 7) is 7.10. The molecule has 1 aromatic heterocycles. The highest BCUT2D eigenvalue weighted by atomic mass is 32.1. The van der Waals surface area contributed by atoms with E-state index in [4.69, 9.17) is 4.74 Å². The summed E-state index contributed by atoms with van der Waals surface area (Å²) in [7, 11) is 1.47. The Morgan fingerprint density at radius 2 is 2.26 bits per heavy atom. The number of hydrogen-bond donors (Lipinski definition) is 1. The first-order valence-electron chi connectivity index (χ1n) is 6.93. The highest BCUT2D eigenvalue weighted by molar-refractivity contribution is 7.09. The molecule has 0 saturated carbocycles. The predicted molar refractivity (Wildman–Crippen MR) is 80.3 cm³/mol. The minimum absolute atomic E-state index is 0.146. The number of carbonyl (C=O) groups excluding carboxylic acids is 1. The van der Waals surface area contributed by atoms with Gasteiger partial charge in [-0.2, -0.15) is 0 Å². The van der Waals surface area contributed by atoms with Gasteiger partial charge in [0.1, 0.15) is 5.54 Å². The number of rotatable bonds is 8.